The lowest BCUT2D eigenvalue weighted by Gasteiger charge is -2.10. The molecule has 7 nitrogen and oxygen atoms in total. The highest BCUT2D eigenvalue weighted by molar-refractivity contribution is 7.91. The average molecular weight is 361 g/mol. The van der Waals surface area contributed by atoms with E-state index < -0.39 is 21.7 Å². The number of ether oxygens (including phenoxy) is 2. The van der Waals surface area contributed by atoms with E-state index in [9.17, 15) is 13.2 Å². The summed E-state index contributed by atoms with van der Waals surface area (Å²) in [4.78, 5) is 11.9. The lowest BCUT2D eigenvalue weighted by atomic mass is 10.1. The molecule has 0 bridgehead atoms. The molecule has 1 atom stereocenters. The van der Waals surface area contributed by atoms with Crippen LogP contribution in [0.2, 0.25) is 5.02 Å². The molecule has 1 fully saturated rings. The number of hydrogen-bond donors (Lipinski definition) is 1. The SMILES string of the molecule is COc1cc(/C=N\NC(=O)[C@H]2CCS(=O)(=O)C2)cc(Cl)c1OC. The van der Waals surface area contributed by atoms with Crippen LogP contribution in [-0.4, -0.2) is 46.3 Å². The molecule has 1 aromatic rings. The summed E-state index contributed by atoms with van der Waals surface area (Å²) in [6, 6.07) is 3.26. The summed E-state index contributed by atoms with van der Waals surface area (Å²) in [5, 5.41) is 4.18. The van der Waals surface area contributed by atoms with Gasteiger partial charge in [0.25, 0.3) is 0 Å². The van der Waals surface area contributed by atoms with Crippen molar-refractivity contribution >= 4 is 33.6 Å². The monoisotopic (exact) mass is 360 g/mol. The number of hydrazone groups is 1. The van der Waals surface area contributed by atoms with E-state index >= 15 is 0 Å². The van der Waals surface area contributed by atoms with Crippen LogP contribution in [0.5, 0.6) is 11.5 Å². The molecule has 1 saturated heterocycles. The third-order valence-corrected chi connectivity index (χ3v) is 5.50. The van der Waals surface area contributed by atoms with E-state index in [1.54, 1.807) is 12.1 Å². The maximum atomic E-state index is 11.9. The van der Waals surface area contributed by atoms with Crippen LogP contribution in [0, 0.1) is 5.92 Å². The smallest absolute Gasteiger partial charge is 0.244 e. The summed E-state index contributed by atoms with van der Waals surface area (Å²) in [5.41, 5.74) is 2.95. The predicted molar refractivity (Wildman–Crippen MR) is 87.1 cm³/mol. The zero-order valence-corrected chi connectivity index (χ0v) is 14.3. The normalized spacial score (nSPS) is 19.7. The van der Waals surface area contributed by atoms with Crippen molar-refractivity contribution in [2.24, 2.45) is 11.0 Å². The number of carbonyl (C=O) groups is 1. The van der Waals surface area contributed by atoms with Gasteiger partial charge in [-0.2, -0.15) is 5.10 Å². The molecule has 1 amide bonds. The standard InChI is InChI=1S/C14H17ClN2O5S/c1-21-12-6-9(5-11(15)13(12)22-2)7-16-17-14(18)10-3-4-23(19,20)8-10/h5-7,10H,3-4,8H2,1-2H3,(H,17,18)/b16-7-/t10-/m0/s1. The van der Waals surface area contributed by atoms with Crippen LogP contribution >= 0.6 is 11.6 Å². The van der Waals surface area contributed by atoms with Crippen LogP contribution in [0.25, 0.3) is 0 Å². The van der Waals surface area contributed by atoms with Gasteiger partial charge in [-0.25, -0.2) is 13.8 Å². The number of sulfone groups is 1. The highest BCUT2D eigenvalue weighted by Gasteiger charge is 2.32. The van der Waals surface area contributed by atoms with Crippen LogP contribution in [0.3, 0.4) is 0 Å². The van der Waals surface area contributed by atoms with Gasteiger partial charge >= 0.3 is 0 Å². The molecule has 1 N–H and O–H groups in total. The van der Waals surface area contributed by atoms with Gasteiger partial charge in [0.05, 0.1) is 42.9 Å². The molecule has 2 rings (SSSR count). The van der Waals surface area contributed by atoms with Gasteiger partial charge in [0, 0.05) is 0 Å². The van der Waals surface area contributed by atoms with Crippen LogP contribution < -0.4 is 14.9 Å². The lowest BCUT2D eigenvalue weighted by molar-refractivity contribution is -0.124. The number of amides is 1. The fourth-order valence-electron chi connectivity index (χ4n) is 2.28. The quantitative estimate of drug-likeness (QED) is 0.629. The first-order valence-electron chi connectivity index (χ1n) is 6.81. The van der Waals surface area contributed by atoms with Crippen molar-refractivity contribution in [2.45, 2.75) is 6.42 Å². The Bertz CT molecular complexity index is 733. The van der Waals surface area contributed by atoms with E-state index in [4.69, 9.17) is 21.1 Å². The van der Waals surface area contributed by atoms with Crippen LogP contribution in [0.15, 0.2) is 17.2 Å². The fraction of sp³-hybridized carbons (Fsp3) is 0.429. The summed E-state index contributed by atoms with van der Waals surface area (Å²) >= 11 is 6.07. The minimum atomic E-state index is -3.10. The number of benzene rings is 1. The summed E-state index contributed by atoms with van der Waals surface area (Å²) in [5.74, 6) is -0.197. The molecule has 0 saturated carbocycles. The van der Waals surface area contributed by atoms with E-state index in [2.05, 4.69) is 10.5 Å². The number of nitrogens with one attached hydrogen (secondary N) is 1. The van der Waals surface area contributed by atoms with Crippen molar-refractivity contribution < 1.29 is 22.7 Å². The van der Waals surface area contributed by atoms with Gasteiger partial charge in [-0.1, -0.05) is 11.6 Å². The largest absolute Gasteiger partial charge is 0.493 e. The number of methoxy groups -OCH3 is 2. The molecular formula is C14H17ClN2O5S. The average Bonchev–Trinajstić information content (AvgIpc) is 2.86. The van der Waals surface area contributed by atoms with E-state index in [1.165, 1.54) is 20.4 Å². The summed E-state index contributed by atoms with van der Waals surface area (Å²) < 4.78 is 33.0. The Hall–Kier alpha value is -1.80. The Labute approximate surface area is 139 Å². The lowest BCUT2D eigenvalue weighted by Crippen LogP contribution is -2.27. The highest BCUT2D eigenvalue weighted by atomic mass is 35.5. The van der Waals surface area contributed by atoms with Crippen LogP contribution in [0.1, 0.15) is 12.0 Å². The van der Waals surface area contributed by atoms with E-state index in [0.29, 0.717) is 28.5 Å². The molecule has 1 aliphatic rings. The van der Waals surface area contributed by atoms with Crippen molar-refractivity contribution in [1.29, 1.82) is 0 Å². The Morgan fingerprint density at radius 2 is 2.13 bits per heavy atom. The number of carbonyl (C=O) groups excluding carboxylic acids is 1. The molecule has 9 heteroatoms. The predicted octanol–water partition coefficient (Wildman–Crippen LogP) is 1.24. The first-order valence-corrected chi connectivity index (χ1v) is 9.01. The van der Waals surface area contributed by atoms with E-state index in [0.717, 1.165) is 0 Å². The van der Waals surface area contributed by atoms with Crippen LogP contribution in [0.4, 0.5) is 0 Å². The van der Waals surface area contributed by atoms with Crippen molar-refractivity contribution in [2.75, 3.05) is 25.7 Å². The second-order valence-electron chi connectivity index (χ2n) is 5.07. The molecule has 1 aromatic carbocycles. The van der Waals surface area contributed by atoms with Gasteiger partial charge < -0.3 is 9.47 Å². The second kappa shape index (κ2) is 7.18. The summed E-state index contributed by atoms with van der Waals surface area (Å²) in [7, 11) is -0.138. The second-order valence-corrected chi connectivity index (χ2v) is 7.71. The zero-order chi connectivity index (χ0) is 17.0. The maximum Gasteiger partial charge on any atom is 0.244 e. The fourth-order valence-corrected chi connectivity index (χ4v) is 4.31. The third-order valence-electron chi connectivity index (χ3n) is 3.45. The van der Waals surface area contributed by atoms with E-state index in [-0.39, 0.29) is 11.5 Å². The third kappa shape index (κ3) is 4.35. The van der Waals surface area contributed by atoms with Crippen molar-refractivity contribution in [3.8, 4) is 11.5 Å². The maximum absolute atomic E-state index is 11.9. The first-order chi connectivity index (χ1) is 10.9. The topological polar surface area (TPSA) is 94.1 Å². The molecule has 1 aliphatic heterocycles. The van der Waals surface area contributed by atoms with Gasteiger partial charge in [-0.3, -0.25) is 4.79 Å². The number of nitrogens with zero attached hydrogens (tertiary/aromatic N) is 1. The zero-order valence-electron chi connectivity index (χ0n) is 12.7. The van der Waals surface area contributed by atoms with Crippen molar-refractivity contribution in [1.82, 2.24) is 5.43 Å². The molecule has 1 heterocycles. The number of rotatable bonds is 5. The molecular weight excluding hydrogens is 344 g/mol. The van der Waals surface area contributed by atoms with Gasteiger partial charge in [0.2, 0.25) is 5.91 Å². The van der Waals surface area contributed by atoms with Crippen LogP contribution in [-0.2, 0) is 14.6 Å². The Kier molecular flexibility index (Phi) is 5.48. The molecule has 0 aliphatic carbocycles. The molecule has 0 radical (unpaired) electrons. The molecule has 0 aromatic heterocycles. The number of hydrogen-bond acceptors (Lipinski definition) is 6. The summed E-state index contributed by atoms with van der Waals surface area (Å²) in [6.07, 6.45) is 1.72. The molecule has 0 spiro atoms. The van der Waals surface area contributed by atoms with Crippen molar-refractivity contribution in [3.05, 3.63) is 22.7 Å². The minimum absolute atomic E-state index is 0.0418. The van der Waals surface area contributed by atoms with Crippen molar-refractivity contribution in [3.63, 3.8) is 0 Å². The van der Waals surface area contributed by atoms with Gasteiger partial charge in [-0.05, 0) is 24.1 Å². The van der Waals surface area contributed by atoms with Gasteiger partial charge in [-0.15, -0.1) is 0 Å². The van der Waals surface area contributed by atoms with E-state index in [1.807, 2.05) is 0 Å². The summed E-state index contributed by atoms with van der Waals surface area (Å²) in [6.45, 7) is 0. The minimum Gasteiger partial charge on any atom is -0.493 e. The van der Waals surface area contributed by atoms with Gasteiger partial charge in [0.15, 0.2) is 21.3 Å². The molecule has 126 valence electrons. The molecule has 23 heavy (non-hydrogen) atoms. The Morgan fingerprint density at radius 1 is 1.39 bits per heavy atom. The Balaban J connectivity index is 2.03. The first kappa shape index (κ1) is 17.6. The van der Waals surface area contributed by atoms with Gasteiger partial charge in [0.1, 0.15) is 0 Å². The number of halogens is 1. The highest BCUT2D eigenvalue weighted by Crippen LogP contribution is 2.35. The molecule has 0 unspecified atom stereocenters. The Morgan fingerprint density at radius 3 is 2.70 bits per heavy atom.